The van der Waals surface area contributed by atoms with Crippen LogP contribution in [0.3, 0.4) is 0 Å². The molecule has 1 atom stereocenters. The van der Waals surface area contributed by atoms with Crippen LogP contribution >= 0.6 is 0 Å². The van der Waals surface area contributed by atoms with Crippen molar-refractivity contribution in [3.63, 3.8) is 0 Å². The smallest absolute Gasteiger partial charge is 0.0662 e. The Kier molecular flexibility index (Phi) is 4.66. The summed E-state index contributed by atoms with van der Waals surface area (Å²) in [7, 11) is 0. The predicted molar refractivity (Wildman–Crippen MR) is 101 cm³/mol. The van der Waals surface area contributed by atoms with E-state index in [1.54, 1.807) is 0 Å². The summed E-state index contributed by atoms with van der Waals surface area (Å²) in [4.78, 5) is 0. The zero-order valence-corrected chi connectivity index (χ0v) is 14.8. The van der Waals surface area contributed by atoms with Crippen LogP contribution in [0.25, 0.3) is 0 Å². The highest BCUT2D eigenvalue weighted by atomic mass is 15.3. The van der Waals surface area contributed by atoms with Gasteiger partial charge in [-0.05, 0) is 37.3 Å². The van der Waals surface area contributed by atoms with Gasteiger partial charge in [-0.3, -0.25) is 4.68 Å². The Morgan fingerprint density at radius 3 is 2.64 bits per heavy atom. The molecule has 1 heterocycles. The van der Waals surface area contributed by atoms with Crippen LogP contribution < -0.4 is 5.32 Å². The summed E-state index contributed by atoms with van der Waals surface area (Å²) in [6.07, 6.45) is 5.62. The lowest BCUT2D eigenvalue weighted by molar-refractivity contribution is 0.449. The molecule has 25 heavy (non-hydrogen) atoms. The van der Waals surface area contributed by atoms with Gasteiger partial charge in [0.1, 0.15) is 0 Å². The van der Waals surface area contributed by atoms with E-state index >= 15 is 0 Å². The molecule has 1 N–H and O–H groups in total. The molecule has 1 aliphatic carbocycles. The second-order valence-electron chi connectivity index (χ2n) is 7.00. The number of fused-ring (bicyclic) bond motifs is 1. The Balaban J connectivity index is 1.47. The van der Waals surface area contributed by atoms with Crippen LogP contribution in [0.4, 0.5) is 0 Å². The second kappa shape index (κ2) is 7.24. The summed E-state index contributed by atoms with van der Waals surface area (Å²) in [6.45, 7) is 3.90. The normalized spacial score (nSPS) is 16.6. The van der Waals surface area contributed by atoms with Crippen LogP contribution in [0.15, 0.2) is 60.8 Å². The van der Waals surface area contributed by atoms with E-state index in [0.29, 0.717) is 6.04 Å². The third-order valence-corrected chi connectivity index (χ3v) is 5.11. The molecule has 0 saturated heterocycles. The van der Waals surface area contributed by atoms with Gasteiger partial charge in [0, 0.05) is 23.8 Å². The molecule has 0 bridgehead atoms. The largest absolute Gasteiger partial charge is 0.306 e. The summed E-state index contributed by atoms with van der Waals surface area (Å²) in [5.74, 6) is 0. The lowest BCUT2D eigenvalue weighted by atomic mass is 9.92. The molecule has 0 saturated carbocycles. The lowest BCUT2D eigenvalue weighted by Gasteiger charge is -2.24. The van der Waals surface area contributed by atoms with E-state index < -0.39 is 0 Å². The van der Waals surface area contributed by atoms with E-state index in [1.165, 1.54) is 40.8 Å². The molecule has 0 radical (unpaired) electrons. The minimum absolute atomic E-state index is 0.412. The van der Waals surface area contributed by atoms with Crippen molar-refractivity contribution in [3.8, 4) is 0 Å². The first kappa shape index (κ1) is 16.1. The second-order valence-corrected chi connectivity index (χ2v) is 7.00. The number of hydrogen-bond donors (Lipinski definition) is 1. The molecule has 3 nitrogen and oxygen atoms in total. The van der Waals surface area contributed by atoms with Gasteiger partial charge < -0.3 is 5.32 Å². The molecule has 1 aliphatic rings. The van der Waals surface area contributed by atoms with Crippen LogP contribution in [-0.2, 0) is 19.5 Å². The minimum Gasteiger partial charge on any atom is -0.306 e. The van der Waals surface area contributed by atoms with Gasteiger partial charge in [0.25, 0.3) is 0 Å². The van der Waals surface area contributed by atoms with Gasteiger partial charge in [-0.15, -0.1) is 0 Å². The maximum Gasteiger partial charge on any atom is 0.0662 e. The Morgan fingerprint density at radius 2 is 1.84 bits per heavy atom. The molecule has 2 aromatic carbocycles. The molecule has 1 aromatic heterocycles. The number of nitrogens with one attached hydrogen (secondary N) is 1. The molecular formula is C22H25N3. The van der Waals surface area contributed by atoms with Crippen LogP contribution in [-0.4, -0.2) is 9.78 Å². The van der Waals surface area contributed by atoms with Crippen molar-refractivity contribution in [1.29, 1.82) is 0 Å². The standard InChI is InChI=1S/C22H25N3/c1-17-10-12-18(13-11-17)14-23-21-8-5-9-22-20(21)15-24-25(22)16-19-6-3-2-4-7-19/h2-4,6-7,10-13,15,21,23H,5,8-9,14,16H2,1H3/t21-/m1/s1. The van der Waals surface area contributed by atoms with Crippen LogP contribution in [0.2, 0.25) is 0 Å². The molecule has 0 unspecified atom stereocenters. The molecule has 0 fully saturated rings. The Hall–Kier alpha value is -2.39. The lowest BCUT2D eigenvalue weighted by Crippen LogP contribution is -2.25. The summed E-state index contributed by atoms with van der Waals surface area (Å²) in [5, 5.41) is 8.42. The van der Waals surface area contributed by atoms with Gasteiger partial charge in [0.2, 0.25) is 0 Å². The SMILES string of the molecule is Cc1ccc(CN[C@@H]2CCCc3c2cnn3Cc2ccccc2)cc1. The highest BCUT2D eigenvalue weighted by Gasteiger charge is 2.23. The number of hydrogen-bond acceptors (Lipinski definition) is 2. The fourth-order valence-corrected chi connectivity index (χ4v) is 3.67. The monoisotopic (exact) mass is 331 g/mol. The molecule has 0 aliphatic heterocycles. The highest BCUT2D eigenvalue weighted by molar-refractivity contribution is 5.27. The number of aryl methyl sites for hydroxylation is 1. The fourth-order valence-electron chi connectivity index (χ4n) is 3.67. The summed E-state index contributed by atoms with van der Waals surface area (Å²) >= 11 is 0. The summed E-state index contributed by atoms with van der Waals surface area (Å²) < 4.78 is 2.18. The molecule has 0 spiro atoms. The van der Waals surface area contributed by atoms with E-state index in [-0.39, 0.29) is 0 Å². The van der Waals surface area contributed by atoms with Gasteiger partial charge in [-0.25, -0.2) is 0 Å². The Labute approximate surface area is 149 Å². The maximum absolute atomic E-state index is 4.69. The van der Waals surface area contributed by atoms with Gasteiger partial charge in [-0.2, -0.15) is 5.10 Å². The minimum atomic E-state index is 0.412. The number of nitrogens with zero attached hydrogens (tertiary/aromatic N) is 2. The third-order valence-electron chi connectivity index (χ3n) is 5.11. The van der Waals surface area contributed by atoms with Crippen LogP contribution in [0.5, 0.6) is 0 Å². The van der Waals surface area contributed by atoms with Crippen LogP contribution in [0.1, 0.15) is 46.8 Å². The quantitative estimate of drug-likeness (QED) is 0.750. The Morgan fingerprint density at radius 1 is 1.04 bits per heavy atom. The first-order chi connectivity index (χ1) is 12.3. The number of benzene rings is 2. The van der Waals surface area contributed by atoms with Crippen molar-refractivity contribution in [2.45, 2.75) is 45.3 Å². The predicted octanol–water partition coefficient (Wildman–Crippen LogP) is 4.41. The first-order valence-electron chi connectivity index (χ1n) is 9.17. The highest BCUT2D eigenvalue weighted by Crippen LogP contribution is 2.30. The topological polar surface area (TPSA) is 29.9 Å². The van der Waals surface area contributed by atoms with E-state index in [1.807, 2.05) is 0 Å². The average Bonchev–Trinajstić information content (AvgIpc) is 3.06. The van der Waals surface area contributed by atoms with E-state index in [4.69, 9.17) is 0 Å². The molecular weight excluding hydrogens is 306 g/mol. The van der Waals surface area contributed by atoms with E-state index in [0.717, 1.165) is 19.5 Å². The van der Waals surface area contributed by atoms with Crippen molar-refractivity contribution in [1.82, 2.24) is 15.1 Å². The fraction of sp³-hybridized carbons (Fsp3) is 0.318. The zero-order valence-electron chi connectivity index (χ0n) is 14.8. The van der Waals surface area contributed by atoms with Gasteiger partial charge >= 0.3 is 0 Å². The average molecular weight is 331 g/mol. The third kappa shape index (κ3) is 3.67. The van der Waals surface area contributed by atoms with Crippen molar-refractivity contribution in [3.05, 3.63) is 88.7 Å². The number of rotatable bonds is 5. The molecule has 128 valence electrons. The van der Waals surface area contributed by atoms with E-state index in [9.17, 15) is 0 Å². The van der Waals surface area contributed by atoms with E-state index in [2.05, 4.69) is 82.8 Å². The summed E-state index contributed by atoms with van der Waals surface area (Å²) in [6, 6.07) is 19.8. The first-order valence-corrected chi connectivity index (χ1v) is 9.17. The van der Waals surface area contributed by atoms with Gasteiger partial charge in [-0.1, -0.05) is 60.2 Å². The zero-order chi connectivity index (χ0) is 17.1. The van der Waals surface area contributed by atoms with Crippen molar-refractivity contribution >= 4 is 0 Å². The molecule has 3 heteroatoms. The Bertz CT molecular complexity index is 818. The van der Waals surface area contributed by atoms with Crippen molar-refractivity contribution in [2.75, 3.05) is 0 Å². The van der Waals surface area contributed by atoms with Crippen LogP contribution in [0, 0.1) is 6.92 Å². The molecule has 3 aromatic rings. The van der Waals surface area contributed by atoms with Crippen molar-refractivity contribution in [2.24, 2.45) is 0 Å². The molecule has 4 rings (SSSR count). The molecule has 0 amide bonds. The summed E-state index contributed by atoms with van der Waals surface area (Å²) in [5.41, 5.74) is 6.74. The van der Waals surface area contributed by atoms with Gasteiger partial charge in [0.15, 0.2) is 0 Å². The van der Waals surface area contributed by atoms with Gasteiger partial charge in [0.05, 0.1) is 12.7 Å². The number of aromatic nitrogens is 2. The van der Waals surface area contributed by atoms with Crippen molar-refractivity contribution < 1.29 is 0 Å². The maximum atomic E-state index is 4.69.